The number of phenols is 1. The summed E-state index contributed by atoms with van der Waals surface area (Å²) in [5, 5.41) is 17.2. The number of aromatic hydroxyl groups is 1. The number of nitrogens with one attached hydrogen (secondary N) is 2. The number of carbonyl (C=O) groups is 4. The Morgan fingerprint density at radius 1 is 0.649 bits per heavy atom. The lowest BCUT2D eigenvalue weighted by Crippen LogP contribution is -2.16. The molecular formula is C28H22N2O7. The van der Waals surface area contributed by atoms with Crippen molar-refractivity contribution < 1.29 is 33.8 Å². The Morgan fingerprint density at radius 3 is 1.81 bits per heavy atom. The first kappa shape index (κ1) is 24.9. The summed E-state index contributed by atoms with van der Waals surface area (Å²) in [4.78, 5) is 50.2. The van der Waals surface area contributed by atoms with Crippen LogP contribution in [0.5, 0.6) is 5.75 Å². The van der Waals surface area contributed by atoms with Gasteiger partial charge in [-0.2, -0.15) is 0 Å². The molecule has 4 aromatic rings. The molecule has 9 heteroatoms. The smallest absolute Gasteiger partial charge is 0.337 e. The van der Waals surface area contributed by atoms with Crippen molar-refractivity contribution in [3.05, 3.63) is 101 Å². The van der Waals surface area contributed by atoms with Crippen LogP contribution in [-0.4, -0.2) is 43.1 Å². The molecule has 0 spiro atoms. The number of fused-ring (bicyclic) bond motifs is 1. The van der Waals surface area contributed by atoms with Crippen molar-refractivity contribution in [2.45, 2.75) is 0 Å². The summed E-state index contributed by atoms with van der Waals surface area (Å²) < 4.78 is 9.44. The van der Waals surface area contributed by atoms with Crippen LogP contribution in [0.1, 0.15) is 41.4 Å². The lowest BCUT2D eigenvalue weighted by atomic mass is 10.0. The molecule has 0 aliphatic carbocycles. The van der Waals surface area contributed by atoms with E-state index in [0.29, 0.717) is 22.0 Å². The van der Waals surface area contributed by atoms with Gasteiger partial charge in [-0.15, -0.1) is 0 Å². The van der Waals surface area contributed by atoms with E-state index < -0.39 is 23.8 Å². The van der Waals surface area contributed by atoms with Gasteiger partial charge >= 0.3 is 11.9 Å². The number of methoxy groups -OCH3 is 2. The molecule has 0 saturated heterocycles. The van der Waals surface area contributed by atoms with E-state index in [1.165, 1.54) is 38.5 Å². The number of ether oxygens (including phenoxy) is 2. The summed E-state index contributed by atoms with van der Waals surface area (Å²) in [7, 11) is 2.37. The van der Waals surface area contributed by atoms with E-state index >= 15 is 0 Å². The Balaban J connectivity index is 1.74. The second kappa shape index (κ2) is 10.6. The topological polar surface area (TPSA) is 131 Å². The highest BCUT2D eigenvalue weighted by atomic mass is 16.5. The monoisotopic (exact) mass is 498 g/mol. The Labute approximate surface area is 211 Å². The first-order valence-electron chi connectivity index (χ1n) is 11.1. The average Bonchev–Trinajstić information content (AvgIpc) is 2.93. The number of hydrogen-bond donors (Lipinski definition) is 3. The summed E-state index contributed by atoms with van der Waals surface area (Å²) in [6.45, 7) is 0. The van der Waals surface area contributed by atoms with Gasteiger partial charge in [-0.3, -0.25) is 9.59 Å². The minimum absolute atomic E-state index is 0.0132. The summed E-state index contributed by atoms with van der Waals surface area (Å²) in [5.74, 6) is -2.88. The number of amides is 2. The van der Waals surface area contributed by atoms with Crippen molar-refractivity contribution in [2.75, 3.05) is 24.9 Å². The molecule has 0 fully saturated rings. The second-order valence-corrected chi connectivity index (χ2v) is 7.92. The predicted molar refractivity (Wildman–Crippen MR) is 137 cm³/mol. The first-order valence-corrected chi connectivity index (χ1v) is 11.1. The van der Waals surface area contributed by atoms with Gasteiger partial charge in [0.25, 0.3) is 11.8 Å². The van der Waals surface area contributed by atoms with Crippen molar-refractivity contribution in [1.29, 1.82) is 0 Å². The second-order valence-electron chi connectivity index (χ2n) is 7.92. The maximum Gasteiger partial charge on any atom is 0.337 e. The molecule has 9 nitrogen and oxygen atoms in total. The van der Waals surface area contributed by atoms with Crippen LogP contribution in [0.2, 0.25) is 0 Å². The molecular weight excluding hydrogens is 476 g/mol. The SMILES string of the molecule is COC(=O)c1cc(NC(=O)c2cc(NC(=O)c3ccccc3)c3ccccc3c2O)cc(C(=O)OC)c1. The van der Waals surface area contributed by atoms with E-state index in [1.54, 1.807) is 54.6 Å². The largest absolute Gasteiger partial charge is 0.506 e. The summed E-state index contributed by atoms with van der Waals surface area (Å²) in [6, 6.07) is 20.6. The Hall–Kier alpha value is -5.18. The zero-order valence-electron chi connectivity index (χ0n) is 19.9. The Bertz CT molecular complexity index is 1500. The van der Waals surface area contributed by atoms with E-state index in [0.717, 1.165) is 0 Å². The molecule has 0 radical (unpaired) electrons. The van der Waals surface area contributed by atoms with Crippen molar-refractivity contribution >= 4 is 45.9 Å². The minimum Gasteiger partial charge on any atom is -0.506 e. The fourth-order valence-electron chi connectivity index (χ4n) is 3.79. The summed E-state index contributed by atoms with van der Waals surface area (Å²) >= 11 is 0. The number of phenolic OH excluding ortho intramolecular Hbond substituents is 1. The standard InChI is InChI=1S/C28H22N2O7/c1-36-27(34)17-12-18(28(35)37-2)14-19(13-17)29-26(33)22-15-23(20-10-6-7-11-21(20)24(22)31)30-25(32)16-8-4-3-5-9-16/h3-15,31H,1-2H3,(H,29,33)(H,30,32). The molecule has 0 bridgehead atoms. The number of hydrogen-bond acceptors (Lipinski definition) is 7. The van der Waals surface area contributed by atoms with Crippen LogP contribution in [-0.2, 0) is 9.47 Å². The third kappa shape index (κ3) is 5.25. The van der Waals surface area contributed by atoms with Crippen LogP contribution < -0.4 is 10.6 Å². The van der Waals surface area contributed by atoms with Gasteiger partial charge in [0.1, 0.15) is 5.75 Å². The molecule has 3 N–H and O–H groups in total. The molecule has 37 heavy (non-hydrogen) atoms. The molecule has 0 aromatic heterocycles. The van der Waals surface area contributed by atoms with Crippen molar-refractivity contribution in [1.82, 2.24) is 0 Å². The Kier molecular flexibility index (Phi) is 7.15. The van der Waals surface area contributed by atoms with E-state index in [2.05, 4.69) is 10.6 Å². The van der Waals surface area contributed by atoms with Crippen LogP contribution in [0.3, 0.4) is 0 Å². The zero-order valence-corrected chi connectivity index (χ0v) is 19.9. The lowest BCUT2D eigenvalue weighted by molar-refractivity contribution is 0.0598. The highest BCUT2D eigenvalue weighted by Gasteiger charge is 2.20. The molecule has 186 valence electrons. The van der Waals surface area contributed by atoms with Crippen molar-refractivity contribution in [2.24, 2.45) is 0 Å². The van der Waals surface area contributed by atoms with Crippen LogP contribution in [0.25, 0.3) is 10.8 Å². The maximum absolute atomic E-state index is 13.3. The van der Waals surface area contributed by atoms with E-state index in [1.807, 2.05) is 0 Å². The first-order chi connectivity index (χ1) is 17.8. The van der Waals surface area contributed by atoms with Crippen LogP contribution in [0.15, 0.2) is 78.9 Å². The molecule has 0 unspecified atom stereocenters. The van der Waals surface area contributed by atoms with Gasteiger partial charge in [-0.1, -0.05) is 42.5 Å². The molecule has 4 aromatic carbocycles. The van der Waals surface area contributed by atoms with Crippen LogP contribution >= 0.6 is 0 Å². The van der Waals surface area contributed by atoms with Gasteiger partial charge in [-0.25, -0.2) is 9.59 Å². The molecule has 2 amide bonds. The van der Waals surface area contributed by atoms with Gasteiger partial charge in [0.15, 0.2) is 0 Å². The third-order valence-corrected chi connectivity index (χ3v) is 5.58. The molecule has 0 saturated carbocycles. The summed E-state index contributed by atoms with van der Waals surface area (Å²) in [5.41, 5.74) is 0.714. The molecule has 0 aliphatic heterocycles. The van der Waals surface area contributed by atoms with Crippen LogP contribution in [0, 0.1) is 0 Å². The quantitative estimate of drug-likeness (QED) is 0.261. The van der Waals surface area contributed by atoms with Gasteiger partial charge in [-0.05, 0) is 36.4 Å². The highest BCUT2D eigenvalue weighted by molar-refractivity contribution is 6.16. The highest BCUT2D eigenvalue weighted by Crippen LogP contribution is 2.35. The van der Waals surface area contributed by atoms with E-state index in [9.17, 15) is 24.3 Å². The number of esters is 2. The Morgan fingerprint density at radius 2 is 1.22 bits per heavy atom. The molecule has 4 rings (SSSR count). The van der Waals surface area contributed by atoms with Gasteiger partial charge in [0.2, 0.25) is 0 Å². The molecule has 0 heterocycles. The zero-order chi connectivity index (χ0) is 26.5. The minimum atomic E-state index is -0.740. The maximum atomic E-state index is 13.3. The number of carbonyl (C=O) groups excluding carboxylic acids is 4. The van der Waals surface area contributed by atoms with Gasteiger partial charge in [0.05, 0.1) is 30.9 Å². The van der Waals surface area contributed by atoms with Gasteiger partial charge in [0, 0.05) is 27.7 Å². The number of rotatable bonds is 6. The molecule has 0 aliphatic rings. The number of benzene rings is 4. The van der Waals surface area contributed by atoms with Crippen LogP contribution in [0.4, 0.5) is 11.4 Å². The fraction of sp³-hybridized carbons (Fsp3) is 0.0714. The van der Waals surface area contributed by atoms with E-state index in [-0.39, 0.29) is 28.1 Å². The fourth-order valence-corrected chi connectivity index (χ4v) is 3.79. The lowest BCUT2D eigenvalue weighted by Gasteiger charge is -2.15. The predicted octanol–water partition coefficient (Wildman–Crippen LogP) is 4.62. The average molecular weight is 498 g/mol. The number of anilines is 2. The van der Waals surface area contributed by atoms with Crippen molar-refractivity contribution in [3.63, 3.8) is 0 Å². The third-order valence-electron chi connectivity index (χ3n) is 5.58. The summed E-state index contributed by atoms with van der Waals surface area (Å²) in [6.07, 6.45) is 0. The van der Waals surface area contributed by atoms with Gasteiger partial charge < -0.3 is 25.2 Å². The normalized spacial score (nSPS) is 10.4. The van der Waals surface area contributed by atoms with Crippen molar-refractivity contribution in [3.8, 4) is 5.75 Å². The van der Waals surface area contributed by atoms with E-state index in [4.69, 9.17) is 9.47 Å². The molecule has 0 atom stereocenters.